The molecule has 0 atom stereocenters. The maximum Gasteiger partial charge on any atom is 0.355 e. The zero-order valence-electron chi connectivity index (χ0n) is 14.6. The number of carbonyl (C=O) groups is 1. The summed E-state index contributed by atoms with van der Waals surface area (Å²) in [6.07, 6.45) is 1.94. The van der Waals surface area contributed by atoms with Crippen LogP contribution in [0, 0.1) is 13.8 Å². The van der Waals surface area contributed by atoms with Crippen LogP contribution in [0.5, 0.6) is 0 Å². The van der Waals surface area contributed by atoms with E-state index in [2.05, 4.69) is 48.0 Å². The highest BCUT2D eigenvalue weighted by Crippen LogP contribution is 2.22. The van der Waals surface area contributed by atoms with Crippen molar-refractivity contribution >= 4 is 27.7 Å². The third-order valence-corrected chi connectivity index (χ3v) is 5.09. The SMILES string of the molecule is Cc1ccc(-c2c[n+](CC(=O)c3ccc(Br)cc3)c(N)n2C)cc1C. The molecule has 0 radical (unpaired) electrons. The van der Waals surface area contributed by atoms with Crippen LogP contribution in [0.15, 0.2) is 53.1 Å². The van der Waals surface area contributed by atoms with E-state index in [1.807, 2.05) is 42.1 Å². The molecule has 3 aromatic rings. The van der Waals surface area contributed by atoms with Gasteiger partial charge in [0.2, 0.25) is 0 Å². The van der Waals surface area contributed by atoms with Crippen LogP contribution in [-0.4, -0.2) is 10.4 Å². The van der Waals surface area contributed by atoms with Crippen molar-refractivity contribution in [3.63, 3.8) is 0 Å². The lowest BCUT2D eigenvalue weighted by Gasteiger charge is -2.03. The number of hydrogen-bond acceptors (Lipinski definition) is 2. The Balaban J connectivity index is 1.92. The first-order valence-electron chi connectivity index (χ1n) is 8.08. The van der Waals surface area contributed by atoms with E-state index < -0.39 is 0 Å². The number of aryl methyl sites for hydroxylation is 2. The fourth-order valence-corrected chi connectivity index (χ4v) is 3.06. The quantitative estimate of drug-likeness (QED) is 0.536. The van der Waals surface area contributed by atoms with Crippen molar-refractivity contribution in [3.05, 3.63) is 69.8 Å². The summed E-state index contributed by atoms with van der Waals surface area (Å²) in [5.41, 5.74) is 11.5. The molecule has 0 fully saturated rings. The molecule has 4 nitrogen and oxygen atoms in total. The van der Waals surface area contributed by atoms with Crippen LogP contribution in [0.25, 0.3) is 11.3 Å². The molecule has 2 aromatic carbocycles. The van der Waals surface area contributed by atoms with Gasteiger partial charge in [-0.2, -0.15) is 0 Å². The summed E-state index contributed by atoms with van der Waals surface area (Å²) < 4.78 is 4.67. The number of aromatic nitrogens is 2. The van der Waals surface area contributed by atoms with E-state index in [9.17, 15) is 4.79 Å². The molecule has 1 heterocycles. The average molecular weight is 399 g/mol. The second kappa shape index (κ2) is 6.84. The fraction of sp³-hybridized carbons (Fsp3) is 0.200. The van der Waals surface area contributed by atoms with Gasteiger partial charge in [-0.15, -0.1) is 0 Å². The minimum atomic E-state index is 0.0291. The standard InChI is InChI=1S/C20H20BrN3O/c1-13-4-5-16(10-14(13)2)18-11-24(20(22)23(18)3)12-19(25)15-6-8-17(21)9-7-15/h4-11,22H,12H2,1-3H3/p+1. The summed E-state index contributed by atoms with van der Waals surface area (Å²) in [4.78, 5) is 12.5. The molecule has 128 valence electrons. The van der Waals surface area contributed by atoms with Crippen molar-refractivity contribution in [3.8, 4) is 11.3 Å². The van der Waals surface area contributed by atoms with Crippen LogP contribution in [-0.2, 0) is 13.6 Å². The van der Waals surface area contributed by atoms with Crippen molar-refractivity contribution in [1.82, 2.24) is 4.57 Å². The first-order chi connectivity index (χ1) is 11.9. The Morgan fingerprint density at radius 2 is 1.80 bits per heavy atom. The van der Waals surface area contributed by atoms with Crippen molar-refractivity contribution in [2.45, 2.75) is 20.4 Å². The number of nitrogen functional groups attached to an aromatic ring is 1. The number of ketones is 1. The monoisotopic (exact) mass is 398 g/mol. The number of benzene rings is 2. The van der Waals surface area contributed by atoms with Gasteiger partial charge in [-0.25, -0.2) is 9.13 Å². The molecule has 0 aliphatic carbocycles. The van der Waals surface area contributed by atoms with E-state index in [4.69, 9.17) is 5.73 Å². The zero-order chi connectivity index (χ0) is 18.1. The van der Waals surface area contributed by atoms with E-state index in [1.165, 1.54) is 11.1 Å². The molecule has 0 saturated carbocycles. The summed E-state index contributed by atoms with van der Waals surface area (Å²) in [6, 6.07) is 13.7. The van der Waals surface area contributed by atoms with Gasteiger partial charge in [-0.3, -0.25) is 10.5 Å². The van der Waals surface area contributed by atoms with E-state index >= 15 is 0 Å². The summed E-state index contributed by atoms with van der Waals surface area (Å²) in [5, 5.41) is 0. The maximum atomic E-state index is 12.5. The molecule has 0 aliphatic heterocycles. The molecule has 0 spiro atoms. The van der Waals surface area contributed by atoms with E-state index in [0.29, 0.717) is 11.5 Å². The first kappa shape index (κ1) is 17.4. The Morgan fingerprint density at radius 1 is 1.12 bits per heavy atom. The number of nitrogens with zero attached hydrogens (tertiary/aromatic N) is 2. The van der Waals surface area contributed by atoms with Crippen LogP contribution >= 0.6 is 15.9 Å². The van der Waals surface area contributed by atoms with E-state index in [1.54, 1.807) is 4.57 Å². The second-order valence-corrected chi connectivity index (χ2v) is 7.20. The fourth-order valence-electron chi connectivity index (χ4n) is 2.79. The van der Waals surface area contributed by atoms with Gasteiger partial charge in [0.1, 0.15) is 18.4 Å². The molecular formula is C20H21BrN3O+. The van der Waals surface area contributed by atoms with Gasteiger partial charge in [0.15, 0.2) is 5.78 Å². The summed E-state index contributed by atoms with van der Waals surface area (Å²) in [6.45, 7) is 4.40. The average Bonchev–Trinajstić information content (AvgIpc) is 2.86. The van der Waals surface area contributed by atoms with Gasteiger partial charge in [-0.05, 0) is 43.2 Å². The highest BCUT2D eigenvalue weighted by molar-refractivity contribution is 9.10. The number of anilines is 1. The smallest absolute Gasteiger partial charge is 0.291 e. The van der Waals surface area contributed by atoms with Gasteiger partial charge in [-0.1, -0.05) is 40.2 Å². The molecule has 25 heavy (non-hydrogen) atoms. The highest BCUT2D eigenvalue weighted by Gasteiger charge is 2.20. The van der Waals surface area contributed by atoms with Crippen LogP contribution in [0.2, 0.25) is 0 Å². The third-order valence-electron chi connectivity index (χ3n) is 4.56. The molecule has 2 N–H and O–H groups in total. The Morgan fingerprint density at radius 3 is 2.44 bits per heavy atom. The van der Waals surface area contributed by atoms with Crippen LogP contribution in [0.3, 0.4) is 0 Å². The lowest BCUT2D eigenvalue weighted by atomic mass is 10.0. The molecule has 0 unspecified atom stereocenters. The molecule has 1 aromatic heterocycles. The molecular weight excluding hydrogens is 378 g/mol. The molecule has 0 bridgehead atoms. The van der Waals surface area contributed by atoms with Crippen molar-refractivity contribution in [2.24, 2.45) is 7.05 Å². The maximum absolute atomic E-state index is 12.5. The molecule has 0 saturated heterocycles. The number of carbonyl (C=O) groups excluding carboxylic acids is 1. The van der Waals surface area contributed by atoms with Gasteiger partial charge >= 0.3 is 5.95 Å². The molecule has 3 rings (SSSR count). The Kier molecular flexibility index (Phi) is 4.77. The van der Waals surface area contributed by atoms with Crippen molar-refractivity contribution in [2.75, 3.05) is 5.73 Å². The second-order valence-electron chi connectivity index (χ2n) is 6.29. The predicted octanol–water partition coefficient (Wildman–Crippen LogP) is 3.82. The van der Waals surface area contributed by atoms with Gasteiger partial charge in [0.05, 0.1) is 7.05 Å². The predicted molar refractivity (Wildman–Crippen MR) is 103 cm³/mol. The summed E-state index contributed by atoms with van der Waals surface area (Å²) in [7, 11) is 1.92. The van der Waals surface area contributed by atoms with E-state index in [-0.39, 0.29) is 12.3 Å². The third kappa shape index (κ3) is 3.51. The van der Waals surface area contributed by atoms with Gasteiger partial charge in [0, 0.05) is 15.6 Å². The highest BCUT2D eigenvalue weighted by atomic mass is 79.9. The van der Waals surface area contributed by atoms with Crippen molar-refractivity contribution in [1.29, 1.82) is 0 Å². The Bertz CT molecular complexity index is 942. The number of Topliss-reactive ketones (excluding diaryl/α,β-unsaturated/α-hetero) is 1. The zero-order valence-corrected chi connectivity index (χ0v) is 16.2. The van der Waals surface area contributed by atoms with Crippen molar-refractivity contribution < 1.29 is 9.36 Å². The number of imidazole rings is 1. The van der Waals surface area contributed by atoms with Gasteiger partial charge in [0.25, 0.3) is 0 Å². The normalized spacial score (nSPS) is 10.9. The first-order valence-corrected chi connectivity index (χ1v) is 8.87. The molecule has 5 heteroatoms. The van der Waals surface area contributed by atoms with E-state index in [0.717, 1.165) is 15.7 Å². The Hall–Kier alpha value is -2.40. The number of halogens is 1. The Labute approximate surface area is 156 Å². The molecule has 0 amide bonds. The summed E-state index contributed by atoms with van der Waals surface area (Å²) >= 11 is 3.38. The van der Waals surface area contributed by atoms with Crippen LogP contribution in [0.4, 0.5) is 5.95 Å². The topological polar surface area (TPSA) is 51.9 Å². The lowest BCUT2D eigenvalue weighted by molar-refractivity contribution is -0.667. The number of rotatable bonds is 4. The number of nitrogens with two attached hydrogens (primary N) is 1. The molecule has 0 aliphatic rings. The van der Waals surface area contributed by atoms with Gasteiger partial charge < -0.3 is 0 Å². The minimum absolute atomic E-state index is 0.0291. The summed E-state index contributed by atoms with van der Waals surface area (Å²) in [5.74, 6) is 0.583. The van der Waals surface area contributed by atoms with Crippen LogP contribution in [0.1, 0.15) is 21.5 Å². The number of hydrogen-bond donors (Lipinski definition) is 1. The van der Waals surface area contributed by atoms with Crippen LogP contribution < -0.4 is 10.3 Å². The minimum Gasteiger partial charge on any atom is -0.291 e. The lowest BCUT2D eigenvalue weighted by Crippen LogP contribution is -2.39. The largest absolute Gasteiger partial charge is 0.355 e.